The van der Waals surface area contributed by atoms with Gasteiger partial charge in [0.25, 0.3) is 0 Å². The Bertz CT molecular complexity index is 2730. The molecule has 0 N–H and O–H groups in total. The molecule has 0 saturated carbocycles. The van der Waals surface area contributed by atoms with Gasteiger partial charge in [-0.3, -0.25) is 0 Å². The Morgan fingerprint density at radius 2 is 0.729 bits per heavy atom. The molecule has 10 aromatic rings. The highest BCUT2D eigenvalue weighted by atomic mass is 14.9. The molecule has 226 valence electrons. The Morgan fingerprint density at radius 3 is 1.25 bits per heavy atom. The summed E-state index contributed by atoms with van der Waals surface area (Å²) in [6.07, 6.45) is 0. The van der Waals surface area contributed by atoms with E-state index in [-0.39, 0.29) is 0 Å². The molecule has 0 aliphatic carbocycles. The molecule has 0 fully saturated rings. The predicted molar refractivity (Wildman–Crippen MR) is 206 cm³/mol. The third-order valence-electron chi connectivity index (χ3n) is 10.6. The summed E-state index contributed by atoms with van der Waals surface area (Å²) in [6, 6.07) is 58.3. The zero-order valence-corrected chi connectivity index (χ0v) is 26.9. The molecule has 2 aromatic heterocycles. The summed E-state index contributed by atoms with van der Waals surface area (Å²) in [5.41, 5.74) is 12.5. The molecule has 0 saturated heterocycles. The maximum absolute atomic E-state index is 2.44. The lowest BCUT2D eigenvalue weighted by molar-refractivity contribution is 1.01. The van der Waals surface area contributed by atoms with Crippen molar-refractivity contribution in [2.75, 3.05) is 0 Å². The van der Waals surface area contributed by atoms with Crippen LogP contribution >= 0.6 is 0 Å². The van der Waals surface area contributed by atoms with Gasteiger partial charge in [-0.25, -0.2) is 0 Å². The standard InChI is InChI=1S/C46H32N2/c1-47-42-20-8-6-14-34(42)36-24-22-30(26-44(36)47)32-16-10-18-38-40(32)28-41-33(17-11-19-39(41)46(38)29-12-4-3-5-13-29)31-23-25-37-35-15-7-9-21-43(35)48(2)45(37)27-31/h3-28H,1-2H3. The average Bonchev–Trinajstić information content (AvgIpc) is 3.60. The third-order valence-corrected chi connectivity index (χ3v) is 10.6. The van der Waals surface area contributed by atoms with Crippen LogP contribution in [0.15, 0.2) is 158 Å². The van der Waals surface area contributed by atoms with Crippen molar-refractivity contribution in [3.05, 3.63) is 158 Å². The summed E-state index contributed by atoms with van der Waals surface area (Å²) in [5.74, 6) is 0. The second kappa shape index (κ2) is 10.2. The van der Waals surface area contributed by atoms with E-state index >= 15 is 0 Å². The Morgan fingerprint density at radius 1 is 0.292 bits per heavy atom. The monoisotopic (exact) mass is 612 g/mol. The lowest BCUT2D eigenvalue weighted by Gasteiger charge is -2.17. The van der Waals surface area contributed by atoms with Crippen LogP contribution in [-0.4, -0.2) is 9.13 Å². The highest BCUT2D eigenvalue weighted by Crippen LogP contribution is 2.44. The van der Waals surface area contributed by atoms with Crippen molar-refractivity contribution in [3.8, 4) is 33.4 Å². The summed E-state index contributed by atoms with van der Waals surface area (Å²) in [4.78, 5) is 0. The first-order valence-electron chi connectivity index (χ1n) is 16.6. The molecule has 0 atom stereocenters. The zero-order chi connectivity index (χ0) is 31.9. The van der Waals surface area contributed by atoms with Gasteiger partial charge >= 0.3 is 0 Å². The van der Waals surface area contributed by atoms with Crippen LogP contribution in [0.2, 0.25) is 0 Å². The van der Waals surface area contributed by atoms with Crippen LogP contribution in [0.1, 0.15) is 0 Å². The first-order chi connectivity index (χ1) is 23.7. The minimum atomic E-state index is 1.23. The van der Waals surface area contributed by atoms with Crippen LogP contribution in [0.4, 0.5) is 0 Å². The summed E-state index contributed by atoms with van der Waals surface area (Å²) < 4.78 is 4.65. The van der Waals surface area contributed by atoms with E-state index in [0.29, 0.717) is 0 Å². The Balaban J connectivity index is 1.28. The zero-order valence-electron chi connectivity index (χ0n) is 26.9. The molecule has 0 bridgehead atoms. The van der Waals surface area contributed by atoms with Crippen LogP contribution in [0.25, 0.3) is 98.5 Å². The van der Waals surface area contributed by atoms with Gasteiger partial charge < -0.3 is 9.13 Å². The van der Waals surface area contributed by atoms with Crippen molar-refractivity contribution >= 4 is 65.2 Å². The average molecular weight is 613 g/mol. The quantitative estimate of drug-likeness (QED) is 0.176. The van der Waals surface area contributed by atoms with E-state index in [0.717, 1.165) is 0 Å². The second-order valence-corrected chi connectivity index (χ2v) is 13.0. The van der Waals surface area contributed by atoms with Crippen LogP contribution in [0.5, 0.6) is 0 Å². The number of nitrogens with zero attached hydrogens (tertiary/aromatic N) is 2. The first-order valence-corrected chi connectivity index (χ1v) is 16.6. The Labute approximate surface area is 278 Å². The van der Waals surface area contributed by atoms with E-state index in [1.165, 1.54) is 98.5 Å². The van der Waals surface area contributed by atoms with Crippen molar-refractivity contribution < 1.29 is 0 Å². The van der Waals surface area contributed by atoms with Gasteiger partial charge in [-0.05, 0) is 85.3 Å². The first kappa shape index (κ1) is 27.0. The lowest BCUT2D eigenvalue weighted by Crippen LogP contribution is -1.91. The van der Waals surface area contributed by atoms with E-state index in [9.17, 15) is 0 Å². The number of aryl methyl sites for hydroxylation is 2. The van der Waals surface area contributed by atoms with Crippen molar-refractivity contribution in [1.29, 1.82) is 0 Å². The van der Waals surface area contributed by atoms with Gasteiger partial charge in [-0.1, -0.05) is 127 Å². The Kier molecular flexibility index (Phi) is 5.74. The van der Waals surface area contributed by atoms with E-state index in [1.54, 1.807) is 0 Å². The summed E-state index contributed by atoms with van der Waals surface area (Å²) in [5, 5.41) is 10.2. The molecular formula is C46H32N2. The van der Waals surface area contributed by atoms with Crippen LogP contribution < -0.4 is 0 Å². The largest absolute Gasteiger partial charge is 0.344 e. The number of aromatic nitrogens is 2. The SMILES string of the molecule is Cn1c2ccccc2c2ccc(-c3cccc4c(-c5ccccc5)c5cccc(-c6ccc7c8ccccc8n(C)c7c6)c5cc34)cc21. The second-order valence-electron chi connectivity index (χ2n) is 13.0. The number of hydrogen-bond donors (Lipinski definition) is 0. The highest BCUT2D eigenvalue weighted by molar-refractivity contribution is 6.20. The highest BCUT2D eigenvalue weighted by Gasteiger charge is 2.18. The van der Waals surface area contributed by atoms with Gasteiger partial charge in [0.2, 0.25) is 0 Å². The van der Waals surface area contributed by atoms with Crippen molar-refractivity contribution in [1.82, 2.24) is 9.13 Å². The molecule has 2 nitrogen and oxygen atoms in total. The van der Waals surface area contributed by atoms with E-state index in [2.05, 4.69) is 181 Å². The maximum atomic E-state index is 2.44. The van der Waals surface area contributed by atoms with E-state index in [4.69, 9.17) is 0 Å². The van der Waals surface area contributed by atoms with Gasteiger partial charge in [-0.2, -0.15) is 0 Å². The van der Waals surface area contributed by atoms with Crippen molar-refractivity contribution in [3.63, 3.8) is 0 Å². The summed E-state index contributed by atoms with van der Waals surface area (Å²) >= 11 is 0. The van der Waals surface area contributed by atoms with Gasteiger partial charge in [0, 0.05) is 57.7 Å². The van der Waals surface area contributed by atoms with E-state index < -0.39 is 0 Å². The fourth-order valence-corrected chi connectivity index (χ4v) is 8.24. The number of hydrogen-bond acceptors (Lipinski definition) is 0. The minimum Gasteiger partial charge on any atom is -0.344 e. The smallest absolute Gasteiger partial charge is 0.0494 e. The molecule has 48 heavy (non-hydrogen) atoms. The fourth-order valence-electron chi connectivity index (χ4n) is 8.24. The van der Waals surface area contributed by atoms with Crippen LogP contribution in [-0.2, 0) is 14.1 Å². The molecule has 0 aliphatic heterocycles. The number of para-hydroxylation sites is 2. The summed E-state index contributed by atoms with van der Waals surface area (Å²) in [6.45, 7) is 0. The number of rotatable bonds is 3. The molecular weight excluding hydrogens is 581 g/mol. The molecule has 0 amide bonds. The van der Waals surface area contributed by atoms with Gasteiger partial charge in [0.05, 0.1) is 0 Å². The molecule has 0 unspecified atom stereocenters. The van der Waals surface area contributed by atoms with Crippen LogP contribution in [0.3, 0.4) is 0 Å². The molecule has 0 aliphatic rings. The van der Waals surface area contributed by atoms with Gasteiger partial charge in [0.1, 0.15) is 0 Å². The van der Waals surface area contributed by atoms with Crippen molar-refractivity contribution in [2.24, 2.45) is 14.1 Å². The molecule has 2 heterocycles. The molecule has 0 radical (unpaired) electrons. The van der Waals surface area contributed by atoms with E-state index in [1.807, 2.05) is 0 Å². The number of benzene rings is 8. The summed E-state index contributed by atoms with van der Waals surface area (Å²) in [7, 11) is 4.36. The number of fused-ring (bicyclic) bond motifs is 8. The molecule has 2 heteroatoms. The minimum absolute atomic E-state index is 1.23. The fraction of sp³-hybridized carbons (Fsp3) is 0.0435. The molecule has 10 rings (SSSR count). The normalized spacial score (nSPS) is 12.0. The Hall–Kier alpha value is -6.12. The molecule has 8 aromatic carbocycles. The molecule has 0 spiro atoms. The van der Waals surface area contributed by atoms with Gasteiger partial charge in [-0.15, -0.1) is 0 Å². The van der Waals surface area contributed by atoms with Crippen molar-refractivity contribution in [2.45, 2.75) is 0 Å². The third kappa shape index (κ3) is 3.80. The van der Waals surface area contributed by atoms with Crippen LogP contribution in [0, 0.1) is 0 Å². The topological polar surface area (TPSA) is 9.86 Å². The predicted octanol–water partition coefficient (Wildman–Crippen LogP) is 12.3. The van der Waals surface area contributed by atoms with Gasteiger partial charge in [0.15, 0.2) is 0 Å². The lowest BCUT2D eigenvalue weighted by atomic mass is 9.86. The maximum Gasteiger partial charge on any atom is 0.0494 e.